The van der Waals surface area contributed by atoms with Crippen LogP contribution in [0, 0.1) is 0 Å². The second kappa shape index (κ2) is 10.3. The zero-order valence-electron chi connectivity index (χ0n) is 18.6. The highest BCUT2D eigenvalue weighted by molar-refractivity contribution is 5.89. The third-order valence-electron chi connectivity index (χ3n) is 6.15. The molecule has 4 heterocycles. The van der Waals surface area contributed by atoms with E-state index in [9.17, 15) is 14.4 Å². The summed E-state index contributed by atoms with van der Waals surface area (Å²) in [7, 11) is 0. The summed E-state index contributed by atoms with van der Waals surface area (Å²) in [6.45, 7) is 4.67. The number of piperidine rings is 1. The molecule has 3 aliphatic rings. The Kier molecular flexibility index (Phi) is 7.03. The summed E-state index contributed by atoms with van der Waals surface area (Å²) in [5.74, 6) is -2.51. The van der Waals surface area contributed by atoms with E-state index in [1.807, 2.05) is 36.4 Å². The summed E-state index contributed by atoms with van der Waals surface area (Å²) >= 11 is 0. The van der Waals surface area contributed by atoms with Gasteiger partial charge in [-0.05, 0) is 49.2 Å². The maximum atomic E-state index is 12.8. The molecule has 2 aromatic carbocycles. The summed E-state index contributed by atoms with van der Waals surface area (Å²) in [6, 6.07) is 16.5. The quantitative estimate of drug-likeness (QED) is 0.568. The monoisotopic (exact) mass is 462 g/mol. The Labute approximate surface area is 196 Å². The Hall–Kier alpha value is -3.98. The maximum absolute atomic E-state index is 12.8. The molecule has 3 fully saturated rings. The molecule has 176 valence electrons. The molecule has 9 nitrogen and oxygen atoms in total. The highest BCUT2D eigenvalue weighted by Gasteiger charge is 2.29. The van der Waals surface area contributed by atoms with Gasteiger partial charge in [-0.2, -0.15) is 0 Å². The van der Waals surface area contributed by atoms with Gasteiger partial charge < -0.3 is 20.0 Å². The van der Waals surface area contributed by atoms with Crippen molar-refractivity contribution in [3.63, 3.8) is 0 Å². The molecule has 0 radical (unpaired) electrons. The number of carboxylic acids is 2. The zero-order chi connectivity index (χ0) is 24.1. The molecule has 3 aromatic rings. The van der Waals surface area contributed by atoms with Crippen LogP contribution in [0.4, 0.5) is 5.69 Å². The van der Waals surface area contributed by atoms with Gasteiger partial charge in [0.1, 0.15) is 6.33 Å². The van der Waals surface area contributed by atoms with Gasteiger partial charge in [-0.1, -0.05) is 12.1 Å². The number of aliphatic carboxylic acids is 2. The van der Waals surface area contributed by atoms with Crippen molar-refractivity contribution >= 4 is 28.5 Å². The van der Waals surface area contributed by atoms with Crippen LogP contribution in [0.5, 0.6) is 0 Å². The lowest BCUT2D eigenvalue weighted by molar-refractivity contribution is -0.134. The Morgan fingerprint density at radius 2 is 1.47 bits per heavy atom. The third kappa shape index (κ3) is 5.32. The van der Waals surface area contributed by atoms with E-state index in [1.165, 1.54) is 31.6 Å². The predicted octanol–water partition coefficient (Wildman–Crippen LogP) is 2.38. The molecule has 0 amide bonds. The lowest BCUT2D eigenvalue weighted by Crippen LogP contribution is -2.37. The first-order valence-corrected chi connectivity index (χ1v) is 11.1. The lowest BCUT2D eigenvalue weighted by atomic mass is 10.0. The topological polar surface area (TPSA) is 116 Å². The number of aromatic nitrogens is 2. The predicted molar refractivity (Wildman–Crippen MR) is 129 cm³/mol. The molecule has 3 aliphatic heterocycles. The first-order chi connectivity index (χ1) is 16.4. The van der Waals surface area contributed by atoms with Crippen LogP contribution in [0.25, 0.3) is 16.6 Å². The number of rotatable bonds is 4. The van der Waals surface area contributed by atoms with Crippen molar-refractivity contribution in [2.75, 3.05) is 31.1 Å². The zero-order valence-corrected chi connectivity index (χ0v) is 18.6. The average Bonchev–Trinajstić information content (AvgIpc) is 3.18. The molecule has 1 aromatic heterocycles. The van der Waals surface area contributed by atoms with Crippen molar-refractivity contribution in [2.45, 2.75) is 18.9 Å². The van der Waals surface area contributed by atoms with Gasteiger partial charge >= 0.3 is 11.9 Å². The fourth-order valence-electron chi connectivity index (χ4n) is 4.43. The average molecular weight is 463 g/mol. The van der Waals surface area contributed by atoms with Gasteiger partial charge in [-0.3, -0.25) is 9.36 Å². The minimum absolute atomic E-state index is 0.0236. The van der Waals surface area contributed by atoms with E-state index in [-0.39, 0.29) is 5.56 Å². The molecular formula is C25H26N4O5. The Morgan fingerprint density at radius 1 is 0.853 bits per heavy atom. The van der Waals surface area contributed by atoms with Gasteiger partial charge in [0.2, 0.25) is 0 Å². The minimum Gasteiger partial charge on any atom is -0.478 e. The molecule has 9 heteroatoms. The van der Waals surface area contributed by atoms with E-state index in [4.69, 9.17) is 10.2 Å². The van der Waals surface area contributed by atoms with E-state index in [2.05, 4.69) is 26.9 Å². The molecule has 0 unspecified atom stereocenters. The first-order valence-electron chi connectivity index (χ1n) is 11.1. The van der Waals surface area contributed by atoms with Crippen molar-refractivity contribution < 1.29 is 19.8 Å². The molecule has 0 spiro atoms. The number of carboxylic acid groups (broad SMARTS) is 2. The number of carbonyl (C=O) groups is 2. The van der Waals surface area contributed by atoms with Gasteiger partial charge in [0.15, 0.2) is 0 Å². The van der Waals surface area contributed by atoms with Crippen LogP contribution >= 0.6 is 0 Å². The Morgan fingerprint density at radius 3 is 2.12 bits per heavy atom. The van der Waals surface area contributed by atoms with E-state index < -0.39 is 11.9 Å². The largest absolute Gasteiger partial charge is 0.478 e. The Balaban J connectivity index is 0.000000297. The van der Waals surface area contributed by atoms with E-state index >= 15 is 0 Å². The molecule has 34 heavy (non-hydrogen) atoms. The molecule has 0 aliphatic carbocycles. The summed E-state index contributed by atoms with van der Waals surface area (Å²) in [4.78, 5) is 41.4. The fraction of sp³-hybridized carbons (Fsp3) is 0.280. The minimum atomic E-state index is -1.26. The highest BCUT2D eigenvalue weighted by atomic mass is 16.4. The second-order valence-electron chi connectivity index (χ2n) is 8.23. The number of para-hydroxylation sites is 1. The van der Waals surface area contributed by atoms with Gasteiger partial charge in [-0.25, -0.2) is 14.6 Å². The van der Waals surface area contributed by atoms with Crippen molar-refractivity contribution in [1.82, 2.24) is 14.5 Å². The van der Waals surface area contributed by atoms with Crippen LogP contribution in [-0.4, -0.2) is 68.8 Å². The van der Waals surface area contributed by atoms with Crippen LogP contribution in [0.2, 0.25) is 0 Å². The van der Waals surface area contributed by atoms with Crippen molar-refractivity contribution in [1.29, 1.82) is 0 Å². The number of hydrogen-bond donors (Lipinski definition) is 2. The molecule has 3 saturated heterocycles. The number of hydrogen-bond acceptors (Lipinski definition) is 6. The second-order valence-corrected chi connectivity index (χ2v) is 8.23. The van der Waals surface area contributed by atoms with Crippen LogP contribution in [0.15, 0.2) is 71.8 Å². The molecular weight excluding hydrogens is 436 g/mol. The van der Waals surface area contributed by atoms with Crippen LogP contribution < -0.4 is 10.5 Å². The molecule has 0 atom stereocenters. The third-order valence-corrected chi connectivity index (χ3v) is 6.15. The van der Waals surface area contributed by atoms with Crippen molar-refractivity contribution in [2.24, 2.45) is 0 Å². The van der Waals surface area contributed by atoms with E-state index in [0.717, 1.165) is 24.3 Å². The van der Waals surface area contributed by atoms with E-state index in [1.54, 1.807) is 10.9 Å². The van der Waals surface area contributed by atoms with E-state index in [0.29, 0.717) is 23.6 Å². The SMILES string of the molecule is O=C(O)/C=C/C(=O)O.O=c1c2ccccc2ncn1-c1ccc(N2CCN3CCC2CC3)cc1. The summed E-state index contributed by atoms with van der Waals surface area (Å²) < 4.78 is 1.63. The summed E-state index contributed by atoms with van der Waals surface area (Å²) in [6.07, 6.45) is 5.23. The van der Waals surface area contributed by atoms with Crippen LogP contribution in [-0.2, 0) is 9.59 Å². The van der Waals surface area contributed by atoms with Crippen molar-refractivity contribution in [3.8, 4) is 5.69 Å². The Bertz CT molecular complexity index is 1240. The first kappa shape index (κ1) is 23.2. The standard InChI is InChI=1S/C21H22N4O.C4H4O4/c26-21-19-3-1-2-4-20(19)22-15-25(21)17-7-5-16(6-8-17)24-14-13-23-11-9-18(24)10-12-23;5-3(6)1-2-4(7)8/h1-8,15,18H,9-14H2;1-2H,(H,5,6)(H,7,8)/b;2-1+. The number of anilines is 1. The normalized spacial score (nSPS) is 19.5. The smallest absolute Gasteiger partial charge is 0.328 e. The van der Waals surface area contributed by atoms with Gasteiger partial charge in [-0.15, -0.1) is 0 Å². The molecule has 2 bridgehead atoms. The molecule has 6 rings (SSSR count). The summed E-state index contributed by atoms with van der Waals surface area (Å²) in [5, 5.41) is 16.3. The van der Waals surface area contributed by atoms with Crippen molar-refractivity contribution in [3.05, 3.63) is 77.4 Å². The number of benzene rings is 2. The van der Waals surface area contributed by atoms with Gasteiger partial charge in [0, 0.05) is 50.1 Å². The van der Waals surface area contributed by atoms with Gasteiger partial charge in [0.25, 0.3) is 5.56 Å². The fourth-order valence-corrected chi connectivity index (χ4v) is 4.43. The molecule has 0 saturated carbocycles. The van der Waals surface area contributed by atoms with Crippen LogP contribution in [0.3, 0.4) is 0 Å². The maximum Gasteiger partial charge on any atom is 0.328 e. The molecule has 2 N–H and O–H groups in total. The highest BCUT2D eigenvalue weighted by Crippen LogP contribution is 2.27. The number of nitrogens with zero attached hydrogens (tertiary/aromatic N) is 4. The summed E-state index contributed by atoms with van der Waals surface area (Å²) in [5.41, 5.74) is 2.83. The lowest BCUT2D eigenvalue weighted by Gasteiger charge is -2.33. The number of fused-ring (bicyclic) bond motifs is 5. The van der Waals surface area contributed by atoms with Gasteiger partial charge in [0.05, 0.1) is 16.6 Å². The van der Waals surface area contributed by atoms with Crippen LogP contribution in [0.1, 0.15) is 12.8 Å².